The van der Waals surface area contributed by atoms with E-state index >= 15 is 0 Å². The fourth-order valence-corrected chi connectivity index (χ4v) is 3.71. The summed E-state index contributed by atoms with van der Waals surface area (Å²) < 4.78 is 21.1. The summed E-state index contributed by atoms with van der Waals surface area (Å²) in [4.78, 5) is 0. The zero-order valence-corrected chi connectivity index (χ0v) is 19.9. The largest absolute Gasteiger partial charge is 0.394 e. The van der Waals surface area contributed by atoms with Gasteiger partial charge >= 0.3 is 0 Å². The molecular formula is C22H44O11. The van der Waals surface area contributed by atoms with Crippen LogP contribution in [0.25, 0.3) is 0 Å². The molecule has 198 valence electrons. The summed E-state index contributed by atoms with van der Waals surface area (Å²) in [5.41, 5.74) is 0. The Balaban J connectivity index is 0.000000582. The summed E-state index contributed by atoms with van der Waals surface area (Å²) in [5, 5.41) is 68.4. The van der Waals surface area contributed by atoms with E-state index in [1.54, 1.807) is 6.92 Å². The highest BCUT2D eigenvalue weighted by Gasteiger charge is 2.50. The minimum atomic E-state index is -1.69. The SMILES string of the molecule is CCCCCCCC.CCO[C@@H]1O[C@H](CO)[C@@H](O[C@H]2O[C@H](CO)[C@@H](O)[C@H](O)[C@H]2O)[C@H](O)[C@H]1O. The van der Waals surface area contributed by atoms with E-state index in [4.69, 9.17) is 18.9 Å². The Morgan fingerprint density at radius 3 is 1.61 bits per heavy atom. The van der Waals surface area contributed by atoms with Crippen LogP contribution in [-0.2, 0) is 18.9 Å². The van der Waals surface area contributed by atoms with Crippen LogP contribution in [0.15, 0.2) is 0 Å². The van der Waals surface area contributed by atoms with E-state index < -0.39 is 74.6 Å². The first-order chi connectivity index (χ1) is 15.8. The summed E-state index contributed by atoms with van der Waals surface area (Å²) in [5.74, 6) is 0. The summed E-state index contributed by atoms with van der Waals surface area (Å²) >= 11 is 0. The minimum absolute atomic E-state index is 0.199. The molecule has 10 atom stereocenters. The number of ether oxygens (including phenoxy) is 4. The van der Waals surface area contributed by atoms with Gasteiger partial charge in [-0.25, -0.2) is 0 Å². The molecule has 11 heteroatoms. The Morgan fingerprint density at radius 1 is 0.606 bits per heavy atom. The lowest BCUT2D eigenvalue weighted by molar-refractivity contribution is -0.359. The zero-order valence-electron chi connectivity index (χ0n) is 19.9. The van der Waals surface area contributed by atoms with Crippen LogP contribution in [-0.4, -0.2) is 117 Å². The van der Waals surface area contributed by atoms with E-state index in [9.17, 15) is 35.7 Å². The molecule has 0 amide bonds. The van der Waals surface area contributed by atoms with Gasteiger partial charge in [-0.2, -0.15) is 0 Å². The van der Waals surface area contributed by atoms with Crippen LogP contribution in [0.3, 0.4) is 0 Å². The average Bonchev–Trinajstić information content (AvgIpc) is 2.82. The maximum Gasteiger partial charge on any atom is 0.187 e. The van der Waals surface area contributed by atoms with Gasteiger partial charge in [0.1, 0.15) is 48.8 Å². The van der Waals surface area contributed by atoms with Crippen LogP contribution in [0.5, 0.6) is 0 Å². The first-order valence-corrected chi connectivity index (χ1v) is 12.0. The highest BCUT2D eigenvalue weighted by atomic mass is 16.7. The van der Waals surface area contributed by atoms with Crippen molar-refractivity contribution in [3.63, 3.8) is 0 Å². The van der Waals surface area contributed by atoms with Crippen LogP contribution in [0.2, 0.25) is 0 Å². The zero-order chi connectivity index (χ0) is 25.0. The van der Waals surface area contributed by atoms with Gasteiger partial charge in [-0.15, -0.1) is 0 Å². The number of aliphatic hydroxyl groups is 7. The van der Waals surface area contributed by atoms with E-state index in [1.807, 2.05) is 0 Å². The maximum absolute atomic E-state index is 10.2. The van der Waals surface area contributed by atoms with E-state index in [0.29, 0.717) is 0 Å². The first-order valence-electron chi connectivity index (χ1n) is 12.0. The monoisotopic (exact) mass is 484 g/mol. The lowest BCUT2D eigenvalue weighted by Gasteiger charge is -2.45. The van der Waals surface area contributed by atoms with Crippen molar-refractivity contribution in [1.82, 2.24) is 0 Å². The lowest BCUT2D eigenvalue weighted by atomic mass is 9.97. The molecular weight excluding hydrogens is 440 g/mol. The van der Waals surface area contributed by atoms with Gasteiger partial charge in [-0.3, -0.25) is 0 Å². The molecule has 0 spiro atoms. The first kappa shape index (κ1) is 30.6. The molecule has 2 aliphatic heterocycles. The average molecular weight is 485 g/mol. The van der Waals surface area contributed by atoms with Crippen molar-refractivity contribution in [1.29, 1.82) is 0 Å². The molecule has 2 saturated heterocycles. The highest BCUT2D eigenvalue weighted by Crippen LogP contribution is 2.29. The van der Waals surface area contributed by atoms with Gasteiger partial charge in [0.25, 0.3) is 0 Å². The number of hydrogen-bond acceptors (Lipinski definition) is 11. The molecule has 2 aliphatic rings. The van der Waals surface area contributed by atoms with E-state index in [1.165, 1.54) is 38.5 Å². The third-order valence-corrected chi connectivity index (χ3v) is 5.75. The molecule has 33 heavy (non-hydrogen) atoms. The van der Waals surface area contributed by atoms with Crippen LogP contribution in [0.4, 0.5) is 0 Å². The van der Waals surface area contributed by atoms with Crippen LogP contribution < -0.4 is 0 Å². The molecule has 0 aliphatic carbocycles. The Labute approximate surface area is 195 Å². The second-order valence-corrected chi connectivity index (χ2v) is 8.37. The Bertz CT molecular complexity index is 487. The fraction of sp³-hybridized carbons (Fsp3) is 1.00. The standard InChI is InChI=1S/C14H26O11.C8H18/c1-2-22-13-11(21)9(19)12(6(4-16)24-13)25-14-10(20)8(18)7(17)5(3-15)23-14;1-3-5-7-8-6-4-2/h5-21H,2-4H2,1H3;3-8H2,1-2H3/t5-,6-,7-,8+,9-,10-,11-,12-,13-,14-;/m1./s1. The van der Waals surface area contributed by atoms with E-state index in [0.717, 1.165) is 0 Å². The van der Waals surface area contributed by atoms with Crippen molar-refractivity contribution in [2.24, 2.45) is 0 Å². The molecule has 2 heterocycles. The quantitative estimate of drug-likeness (QED) is 0.179. The second-order valence-electron chi connectivity index (χ2n) is 8.37. The molecule has 0 aromatic carbocycles. The van der Waals surface area contributed by atoms with Gasteiger partial charge < -0.3 is 54.7 Å². The summed E-state index contributed by atoms with van der Waals surface area (Å²) in [7, 11) is 0. The summed E-state index contributed by atoms with van der Waals surface area (Å²) in [6.45, 7) is 5.14. The van der Waals surface area contributed by atoms with Crippen LogP contribution in [0, 0.1) is 0 Å². The highest BCUT2D eigenvalue weighted by molar-refractivity contribution is 4.94. The van der Waals surface area contributed by atoms with E-state index in [2.05, 4.69) is 13.8 Å². The van der Waals surface area contributed by atoms with Crippen molar-refractivity contribution in [3.05, 3.63) is 0 Å². The van der Waals surface area contributed by atoms with Crippen molar-refractivity contribution >= 4 is 0 Å². The van der Waals surface area contributed by atoms with Gasteiger partial charge in [0.2, 0.25) is 0 Å². The Hall–Kier alpha value is -0.440. The van der Waals surface area contributed by atoms with Crippen molar-refractivity contribution in [2.45, 2.75) is 121 Å². The fourth-order valence-electron chi connectivity index (χ4n) is 3.71. The summed E-state index contributed by atoms with van der Waals surface area (Å²) in [6.07, 6.45) is -5.80. The van der Waals surface area contributed by atoms with Crippen molar-refractivity contribution in [2.75, 3.05) is 19.8 Å². The molecule has 2 fully saturated rings. The molecule has 0 aromatic rings. The minimum Gasteiger partial charge on any atom is -0.394 e. The Morgan fingerprint density at radius 2 is 1.12 bits per heavy atom. The molecule has 0 unspecified atom stereocenters. The van der Waals surface area contributed by atoms with Crippen molar-refractivity contribution < 1.29 is 54.7 Å². The second kappa shape index (κ2) is 16.3. The molecule has 7 N–H and O–H groups in total. The lowest BCUT2D eigenvalue weighted by Crippen LogP contribution is -2.64. The molecule has 11 nitrogen and oxygen atoms in total. The van der Waals surface area contributed by atoms with Gasteiger partial charge in [-0.1, -0.05) is 52.4 Å². The third-order valence-electron chi connectivity index (χ3n) is 5.75. The summed E-state index contributed by atoms with van der Waals surface area (Å²) in [6, 6.07) is 0. The maximum atomic E-state index is 10.2. The molecule has 0 bridgehead atoms. The molecule has 0 radical (unpaired) electrons. The van der Waals surface area contributed by atoms with Gasteiger partial charge in [0, 0.05) is 6.61 Å². The topological polar surface area (TPSA) is 179 Å². The van der Waals surface area contributed by atoms with Gasteiger partial charge in [0.05, 0.1) is 13.2 Å². The van der Waals surface area contributed by atoms with Crippen LogP contribution in [0.1, 0.15) is 59.3 Å². The van der Waals surface area contributed by atoms with Gasteiger partial charge in [-0.05, 0) is 6.92 Å². The predicted octanol–water partition coefficient (Wildman–Crippen LogP) is -0.986. The smallest absolute Gasteiger partial charge is 0.187 e. The molecule has 0 saturated carbocycles. The Kier molecular flexibility index (Phi) is 15.1. The van der Waals surface area contributed by atoms with Crippen molar-refractivity contribution in [3.8, 4) is 0 Å². The number of unbranched alkanes of at least 4 members (excludes halogenated alkanes) is 5. The normalized spacial score (nSPS) is 39.1. The van der Waals surface area contributed by atoms with Gasteiger partial charge in [0.15, 0.2) is 12.6 Å². The van der Waals surface area contributed by atoms with E-state index in [-0.39, 0.29) is 6.61 Å². The number of aliphatic hydroxyl groups excluding tert-OH is 7. The third kappa shape index (κ3) is 8.93. The molecule has 2 rings (SSSR count). The number of hydrogen-bond donors (Lipinski definition) is 7. The predicted molar refractivity (Wildman–Crippen MR) is 117 cm³/mol. The molecule has 0 aromatic heterocycles. The van der Waals surface area contributed by atoms with Crippen LogP contribution >= 0.6 is 0 Å². The number of rotatable bonds is 11.